The summed E-state index contributed by atoms with van der Waals surface area (Å²) in [6.45, 7) is 6.92. The molecule has 0 radical (unpaired) electrons. The van der Waals surface area contributed by atoms with Gasteiger partial charge in [-0.15, -0.1) is 0 Å². The fraction of sp³-hybridized carbons (Fsp3) is 0.438. The minimum Gasteiger partial charge on any atom is -0.455 e. The van der Waals surface area contributed by atoms with E-state index < -0.39 is 17.6 Å². The van der Waals surface area contributed by atoms with E-state index in [0.29, 0.717) is 17.1 Å². The van der Waals surface area contributed by atoms with E-state index in [1.165, 1.54) is 11.8 Å². The zero-order valence-electron chi connectivity index (χ0n) is 24.5. The first-order valence-electron chi connectivity index (χ1n) is 14.2. The third kappa shape index (κ3) is 7.96. The van der Waals surface area contributed by atoms with Crippen molar-refractivity contribution < 1.29 is 23.9 Å². The number of amides is 3. The second-order valence-corrected chi connectivity index (χ2v) is 11.8. The van der Waals surface area contributed by atoms with Crippen LogP contribution < -0.4 is 15.5 Å². The van der Waals surface area contributed by atoms with Gasteiger partial charge in [0.25, 0.3) is 0 Å². The molecule has 3 aromatic rings. The van der Waals surface area contributed by atoms with E-state index in [2.05, 4.69) is 15.6 Å². The molecule has 1 fully saturated rings. The molecule has 2 aromatic carbocycles. The van der Waals surface area contributed by atoms with E-state index in [1.807, 2.05) is 45.0 Å². The van der Waals surface area contributed by atoms with Gasteiger partial charge in [0, 0.05) is 48.6 Å². The number of aromatic amines is 1. The highest BCUT2D eigenvalue weighted by Crippen LogP contribution is 2.25. The van der Waals surface area contributed by atoms with E-state index in [1.54, 1.807) is 31.3 Å². The molecular formula is C32H40N4O5. The van der Waals surface area contributed by atoms with Crippen LogP contribution in [-0.2, 0) is 25.5 Å². The maximum Gasteiger partial charge on any atom is 0.355 e. The molecule has 9 nitrogen and oxygen atoms in total. The van der Waals surface area contributed by atoms with E-state index in [9.17, 15) is 19.2 Å². The maximum atomic E-state index is 13.6. The molecular weight excluding hydrogens is 520 g/mol. The van der Waals surface area contributed by atoms with Gasteiger partial charge in [-0.05, 0) is 75.6 Å². The number of carbonyl (C=O) groups excluding carboxylic acids is 4. The standard InChI is InChI=1S/C32H40N4O5/c1-20(37)36(5)25-13-9-10-21(16-25)17-27(35-29(38)22-11-7-6-8-12-22)30(39)33-24-14-15-26-23(18-24)19-28(34-26)31(40)41-32(2,3)4/h9-10,13-16,18-19,22,27,34H,6-8,11-12,17H2,1-5H3,(H,33,39)(H,35,38)/t27-/m0/s1. The molecule has 9 heteroatoms. The van der Waals surface area contributed by atoms with Crippen LogP contribution in [0, 0.1) is 5.92 Å². The molecule has 1 atom stereocenters. The van der Waals surface area contributed by atoms with Crippen molar-refractivity contribution in [1.82, 2.24) is 10.3 Å². The molecule has 4 rings (SSSR count). The van der Waals surface area contributed by atoms with Crippen molar-refractivity contribution in [3.8, 4) is 0 Å². The van der Waals surface area contributed by atoms with Gasteiger partial charge in [-0.2, -0.15) is 0 Å². The smallest absolute Gasteiger partial charge is 0.355 e. The lowest BCUT2D eigenvalue weighted by Crippen LogP contribution is -2.47. The summed E-state index contributed by atoms with van der Waals surface area (Å²) in [5.41, 5.74) is 2.52. The summed E-state index contributed by atoms with van der Waals surface area (Å²) in [6, 6.07) is 13.6. The third-order valence-electron chi connectivity index (χ3n) is 7.33. The van der Waals surface area contributed by atoms with Crippen LogP contribution in [0.25, 0.3) is 10.9 Å². The number of nitrogens with zero attached hydrogens (tertiary/aromatic N) is 1. The average molecular weight is 561 g/mol. The topological polar surface area (TPSA) is 121 Å². The van der Waals surface area contributed by atoms with Gasteiger partial charge in [0.1, 0.15) is 17.3 Å². The van der Waals surface area contributed by atoms with Gasteiger partial charge in [0.05, 0.1) is 0 Å². The summed E-state index contributed by atoms with van der Waals surface area (Å²) in [4.78, 5) is 55.8. The Bertz CT molecular complexity index is 1430. The Balaban J connectivity index is 1.54. The Labute approximate surface area is 241 Å². The van der Waals surface area contributed by atoms with E-state index in [0.717, 1.165) is 48.6 Å². The van der Waals surface area contributed by atoms with Crippen molar-refractivity contribution in [3.63, 3.8) is 0 Å². The molecule has 0 aliphatic heterocycles. The van der Waals surface area contributed by atoms with Crippen LogP contribution in [0.5, 0.6) is 0 Å². The van der Waals surface area contributed by atoms with E-state index in [-0.39, 0.29) is 30.1 Å². The monoisotopic (exact) mass is 560 g/mol. The first kappa shape index (κ1) is 29.8. The first-order valence-corrected chi connectivity index (χ1v) is 14.2. The quantitative estimate of drug-likeness (QED) is 0.321. The number of ether oxygens (including phenoxy) is 1. The normalized spacial score (nSPS) is 14.8. The van der Waals surface area contributed by atoms with E-state index >= 15 is 0 Å². The van der Waals surface area contributed by atoms with Gasteiger partial charge in [-0.1, -0.05) is 31.4 Å². The van der Waals surface area contributed by atoms with Gasteiger partial charge in [0.15, 0.2) is 0 Å². The van der Waals surface area contributed by atoms with Crippen LogP contribution in [0.4, 0.5) is 11.4 Å². The Morgan fingerprint density at radius 1 is 1.02 bits per heavy atom. The molecule has 0 spiro atoms. The van der Waals surface area contributed by atoms with Crippen molar-refractivity contribution in [3.05, 3.63) is 59.8 Å². The molecule has 1 aliphatic rings. The minimum absolute atomic E-state index is 0.1000. The number of benzene rings is 2. The second-order valence-electron chi connectivity index (χ2n) is 11.8. The van der Waals surface area contributed by atoms with E-state index in [4.69, 9.17) is 4.74 Å². The fourth-order valence-electron chi connectivity index (χ4n) is 5.06. The van der Waals surface area contributed by atoms with Crippen molar-refractivity contribution in [1.29, 1.82) is 0 Å². The lowest BCUT2D eigenvalue weighted by atomic mass is 9.88. The summed E-state index contributed by atoms with van der Waals surface area (Å²) >= 11 is 0. The Kier molecular flexibility index (Phi) is 9.15. The number of carbonyl (C=O) groups is 4. The lowest BCUT2D eigenvalue weighted by molar-refractivity contribution is -0.130. The molecule has 3 amide bonds. The van der Waals surface area contributed by atoms with Crippen molar-refractivity contribution in [2.24, 2.45) is 5.92 Å². The van der Waals surface area contributed by atoms with Crippen LogP contribution in [0.15, 0.2) is 48.5 Å². The van der Waals surface area contributed by atoms with Crippen LogP contribution in [-0.4, -0.2) is 47.4 Å². The fourth-order valence-corrected chi connectivity index (χ4v) is 5.06. The summed E-state index contributed by atoms with van der Waals surface area (Å²) in [5, 5.41) is 6.69. The molecule has 1 aliphatic carbocycles. The molecule has 0 saturated heterocycles. The van der Waals surface area contributed by atoms with Gasteiger partial charge < -0.3 is 25.3 Å². The Morgan fingerprint density at radius 3 is 2.44 bits per heavy atom. The summed E-state index contributed by atoms with van der Waals surface area (Å²) in [7, 11) is 1.70. The number of esters is 1. The summed E-state index contributed by atoms with van der Waals surface area (Å²) in [6.07, 6.45) is 5.06. The molecule has 3 N–H and O–H groups in total. The average Bonchev–Trinajstić information content (AvgIpc) is 3.36. The zero-order valence-corrected chi connectivity index (χ0v) is 24.5. The van der Waals surface area contributed by atoms with Crippen LogP contribution in [0.3, 0.4) is 0 Å². The van der Waals surface area contributed by atoms with Crippen LogP contribution >= 0.6 is 0 Å². The van der Waals surface area contributed by atoms with Gasteiger partial charge in [-0.3, -0.25) is 14.4 Å². The zero-order chi connectivity index (χ0) is 29.7. The second kappa shape index (κ2) is 12.6. The lowest BCUT2D eigenvalue weighted by Gasteiger charge is -2.25. The highest BCUT2D eigenvalue weighted by Gasteiger charge is 2.27. The molecule has 1 heterocycles. The van der Waals surface area contributed by atoms with Crippen molar-refractivity contribution in [2.75, 3.05) is 17.3 Å². The number of aromatic nitrogens is 1. The first-order chi connectivity index (χ1) is 19.4. The number of anilines is 2. The molecule has 218 valence electrons. The van der Waals surface area contributed by atoms with Crippen molar-refractivity contribution >= 4 is 46.0 Å². The molecule has 1 saturated carbocycles. The number of hydrogen-bond acceptors (Lipinski definition) is 5. The third-order valence-corrected chi connectivity index (χ3v) is 7.33. The Hall–Kier alpha value is -4.14. The summed E-state index contributed by atoms with van der Waals surface area (Å²) in [5.74, 6) is -1.11. The maximum absolute atomic E-state index is 13.6. The van der Waals surface area contributed by atoms with Crippen LogP contribution in [0.1, 0.15) is 75.9 Å². The molecule has 1 aromatic heterocycles. The van der Waals surface area contributed by atoms with Crippen LogP contribution in [0.2, 0.25) is 0 Å². The highest BCUT2D eigenvalue weighted by molar-refractivity contribution is 6.00. The predicted octanol–water partition coefficient (Wildman–Crippen LogP) is 5.35. The van der Waals surface area contributed by atoms with Crippen molar-refractivity contribution in [2.45, 2.75) is 77.9 Å². The number of nitrogens with one attached hydrogen (secondary N) is 3. The number of hydrogen-bond donors (Lipinski definition) is 3. The number of H-pyrrole nitrogens is 1. The highest BCUT2D eigenvalue weighted by atomic mass is 16.6. The largest absolute Gasteiger partial charge is 0.455 e. The number of fused-ring (bicyclic) bond motifs is 1. The molecule has 0 bridgehead atoms. The number of rotatable bonds is 8. The minimum atomic E-state index is -0.818. The molecule has 41 heavy (non-hydrogen) atoms. The Morgan fingerprint density at radius 2 is 1.76 bits per heavy atom. The molecule has 0 unspecified atom stereocenters. The predicted molar refractivity (Wildman–Crippen MR) is 160 cm³/mol. The van der Waals surface area contributed by atoms with Gasteiger partial charge in [0.2, 0.25) is 17.7 Å². The van der Waals surface area contributed by atoms with Gasteiger partial charge >= 0.3 is 5.97 Å². The SMILES string of the molecule is CC(=O)N(C)c1cccc(C[C@H](NC(=O)C2CCCCC2)C(=O)Nc2ccc3[nH]c(C(=O)OC(C)(C)C)cc3c2)c1. The summed E-state index contributed by atoms with van der Waals surface area (Å²) < 4.78 is 5.46. The van der Waals surface area contributed by atoms with Gasteiger partial charge in [-0.25, -0.2) is 4.79 Å².